The SMILES string of the molecule is COc1cccc(C2CCCN(Cc3oc4ccccc4c3C)C2)c1.Cl. The van der Waals surface area contributed by atoms with E-state index in [1.54, 1.807) is 7.11 Å². The molecule has 138 valence electrons. The molecule has 1 aromatic heterocycles. The summed E-state index contributed by atoms with van der Waals surface area (Å²) in [5.41, 5.74) is 3.65. The van der Waals surface area contributed by atoms with E-state index in [-0.39, 0.29) is 12.4 Å². The highest BCUT2D eigenvalue weighted by atomic mass is 35.5. The zero-order valence-electron chi connectivity index (χ0n) is 15.4. The number of ether oxygens (including phenoxy) is 1. The first-order valence-electron chi connectivity index (χ1n) is 9.08. The third-order valence-corrected chi connectivity index (χ3v) is 5.38. The van der Waals surface area contributed by atoms with Gasteiger partial charge in [-0.2, -0.15) is 0 Å². The quantitative estimate of drug-likeness (QED) is 0.601. The molecule has 0 saturated carbocycles. The summed E-state index contributed by atoms with van der Waals surface area (Å²) in [6.45, 7) is 5.27. The Kier molecular flexibility index (Phi) is 5.90. The molecule has 4 heteroatoms. The van der Waals surface area contributed by atoms with Crippen LogP contribution in [0.1, 0.15) is 35.6 Å². The van der Waals surface area contributed by atoms with Crippen LogP contribution in [0.3, 0.4) is 0 Å². The molecular weight excluding hydrogens is 346 g/mol. The number of fused-ring (bicyclic) bond motifs is 1. The summed E-state index contributed by atoms with van der Waals surface area (Å²) in [7, 11) is 1.73. The van der Waals surface area contributed by atoms with E-state index in [2.05, 4.69) is 48.2 Å². The number of aryl methyl sites for hydroxylation is 1. The Balaban J connectivity index is 0.00000196. The van der Waals surface area contributed by atoms with E-state index in [1.165, 1.54) is 29.4 Å². The van der Waals surface area contributed by atoms with Crippen molar-refractivity contribution in [2.75, 3.05) is 20.2 Å². The van der Waals surface area contributed by atoms with Crippen LogP contribution in [0.2, 0.25) is 0 Å². The predicted octanol–water partition coefficient (Wildman–Crippen LogP) is 5.55. The van der Waals surface area contributed by atoms with Gasteiger partial charge in [0.15, 0.2) is 0 Å². The molecule has 1 aliphatic rings. The van der Waals surface area contributed by atoms with Gasteiger partial charge in [-0.1, -0.05) is 30.3 Å². The topological polar surface area (TPSA) is 25.6 Å². The first kappa shape index (κ1) is 18.8. The molecule has 4 rings (SSSR count). The van der Waals surface area contributed by atoms with E-state index in [0.717, 1.165) is 36.7 Å². The van der Waals surface area contributed by atoms with Crippen molar-refractivity contribution in [3.05, 3.63) is 65.4 Å². The molecule has 1 atom stereocenters. The van der Waals surface area contributed by atoms with Crippen molar-refractivity contribution >= 4 is 23.4 Å². The van der Waals surface area contributed by atoms with Gasteiger partial charge in [-0.25, -0.2) is 0 Å². The molecule has 1 fully saturated rings. The molecule has 3 nitrogen and oxygen atoms in total. The smallest absolute Gasteiger partial charge is 0.134 e. The highest BCUT2D eigenvalue weighted by Gasteiger charge is 2.23. The highest BCUT2D eigenvalue weighted by molar-refractivity contribution is 5.85. The van der Waals surface area contributed by atoms with Crippen molar-refractivity contribution < 1.29 is 9.15 Å². The third kappa shape index (κ3) is 3.74. The molecular formula is C22H26ClNO2. The molecule has 2 heterocycles. The fourth-order valence-corrected chi connectivity index (χ4v) is 3.95. The Morgan fingerprint density at radius 1 is 1.15 bits per heavy atom. The number of likely N-dealkylation sites (tertiary alicyclic amines) is 1. The van der Waals surface area contributed by atoms with Crippen molar-refractivity contribution in [2.45, 2.75) is 32.2 Å². The maximum Gasteiger partial charge on any atom is 0.134 e. The van der Waals surface area contributed by atoms with E-state index < -0.39 is 0 Å². The molecule has 1 saturated heterocycles. The molecule has 0 aliphatic carbocycles. The summed E-state index contributed by atoms with van der Waals surface area (Å²) in [6.07, 6.45) is 2.46. The van der Waals surface area contributed by atoms with Gasteiger partial charge in [-0.3, -0.25) is 4.90 Å². The van der Waals surface area contributed by atoms with Gasteiger partial charge >= 0.3 is 0 Å². The number of para-hydroxylation sites is 1. The Morgan fingerprint density at radius 2 is 2.00 bits per heavy atom. The van der Waals surface area contributed by atoms with Crippen LogP contribution in [-0.2, 0) is 6.54 Å². The normalized spacial score (nSPS) is 17.8. The second-order valence-corrected chi connectivity index (χ2v) is 7.00. The monoisotopic (exact) mass is 371 g/mol. The number of hydrogen-bond donors (Lipinski definition) is 0. The van der Waals surface area contributed by atoms with Gasteiger partial charge in [0.2, 0.25) is 0 Å². The molecule has 1 aliphatic heterocycles. The lowest BCUT2D eigenvalue weighted by Crippen LogP contribution is -2.33. The summed E-state index contributed by atoms with van der Waals surface area (Å²) in [5.74, 6) is 2.61. The maximum absolute atomic E-state index is 6.12. The number of hydrogen-bond acceptors (Lipinski definition) is 3. The Hall–Kier alpha value is -1.97. The minimum atomic E-state index is 0. The van der Waals surface area contributed by atoms with Gasteiger partial charge in [-0.05, 0) is 61.6 Å². The van der Waals surface area contributed by atoms with Crippen LogP contribution in [-0.4, -0.2) is 25.1 Å². The van der Waals surface area contributed by atoms with E-state index in [9.17, 15) is 0 Å². The van der Waals surface area contributed by atoms with Crippen molar-refractivity contribution in [3.63, 3.8) is 0 Å². The lowest BCUT2D eigenvalue weighted by Gasteiger charge is -2.32. The molecule has 0 amide bonds. The van der Waals surface area contributed by atoms with Crippen molar-refractivity contribution in [2.24, 2.45) is 0 Å². The lowest BCUT2D eigenvalue weighted by molar-refractivity contribution is 0.187. The van der Waals surface area contributed by atoms with Crippen LogP contribution in [0.5, 0.6) is 5.75 Å². The minimum Gasteiger partial charge on any atom is -0.497 e. The van der Waals surface area contributed by atoms with Gasteiger partial charge in [0, 0.05) is 11.9 Å². The van der Waals surface area contributed by atoms with E-state index in [4.69, 9.17) is 9.15 Å². The van der Waals surface area contributed by atoms with Crippen LogP contribution >= 0.6 is 12.4 Å². The first-order valence-corrected chi connectivity index (χ1v) is 9.08. The molecule has 3 aromatic rings. The average Bonchev–Trinajstić information content (AvgIpc) is 2.98. The maximum atomic E-state index is 6.12. The van der Waals surface area contributed by atoms with Crippen LogP contribution in [0, 0.1) is 6.92 Å². The number of piperidine rings is 1. The van der Waals surface area contributed by atoms with Crippen molar-refractivity contribution in [3.8, 4) is 5.75 Å². The van der Waals surface area contributed by atoms with Crippen molar-refractivity contribution in [1.29, 1.82) is 0 Å². The zero-order valence-corrected chi connectivity index (χ0v) is 16.2. The summed E-state index contributed by atoms with van der Waals surface area (Å²) in [5, 5.41) is 1.24. The number of furan rings is 1. The second kappa shape index (κ2) is 8.15. The van der Waals surface area contributed by atoms with Gasteiger partial charge in [-0.15, -0.1) is 12.4 Å². The van der Waals surface area contributed by atoms with Gasteiger partial charge < -0.3 is 9.15 Å². The number of halogens is 1. The van der Waals surface area contributed by atoms with E-state index >= 15 is 0 Å². The first-order chi connectivity index (χ1) is 12.2. The lowest BCUT2D eigenvalue weighted by atomic mass is 9.90. The highest BCUT2D eigenvalue weighted by Crippen LogP contribution is 2.31. The van der Waals surface area contributed by atoms with Gasteiger partial charge in [0.25, 0.3) is 0 Å². The third-order valence-electron chi connectivity index (χ3n) is 5.38. The molecule has 1 unspecified atom stereocenters. The number of benzene rings is 2. The Morgan fingerprint density at radius 3 is 2.81 bits per heavy atom. The number of nitrogens with zero attached hydrogens (tertiary/aromatic N) is 1. The fraction of sp³-hybridized carbons (Fsp3) is 0.364. The molecule has 0 spiro atoms. The fourth-order valence-electron chi connectivity index (χ4n) is 3.95. The van der Waals surface area contributed by atoms with Crippen LogP contribution in [0.15, 0.2) is 52.9 Å². The summed E-state index contributed by atoms with van der Waals surface area (Å²) in [6, 6.07) is 16.8. The Bertz CT molecular complexity index is 873. The minimum absolute atomic E-state index is 0. The zero-order chi connectivity index (χ0) is 17.2. The largest absolute Gasteiger partial charge is 0.497 e. The summed E-state index contributed by atoms with van der Waals surface area (Å²) >= 11 is 0. The molecule has 0 radical (unpaired) electrons. The summed E-state index contributed by atoms with van der Waals surface area (Å²) in [4.78, 5) is 2.53. The summed E-state index contributed by atoms with van der Waals surface area (Å²) < 4.78 is 11.5. The predicted molar refractivity (Wildman–Crippen MR) is 108 cm³/mol. The molecule has 26 heavy (non-hydrogen) atoms. The average molecular weight is 372 g/mol. The Labute approximate surface area is 161 Å². The van der Waals surface area contributed by atoms with Crippen LogP contribution in [0.4, 0.5) is 0 Å². The number of methoxy groups -OCH3 is 1. The molecule has 0 bridgehead atoms. The van der Waals surface area contributed by atoms with E-state index in [1.807, 2.05) is 12.1 Å². The molecule has 0 N–H and O–H groups in total. The standard InChI is InChI=1S/C22H25NO2.ClH/c1-16-20-10-3-4-11-21(20)25-22(16)15-23-12-6-8-18(14-23)17-7-5-9-19(13-17)24-2;/h3-5,7,9-11,13,18H,6,8,12,14-15H2,1-2H3;1H. The van der Waals surface area contributed by atoms with Crippen LogP contribution in [0.25, 0.3) is 11.0 Å². The second-order valence-electron chi connectivity index (χ2n) is 7.00. The van der Waals surface area contributed by atoms with E-state index in [0.29, 0.717) is 5.92 Å². The van der Waals surface area contributed by atoms with Gasteiger partial charge in [0.1, 0.15) is 17.1 Å². The van der Waals surface area contributed by atoms with Gasteiger partial charge in [0.05, 0.1) is 13.7 Å². The number of rotatable bonds is 4. The van der Waals surface area contributed by atoms with Crippen molar-refractivity contribution in [1.82, 2.24) is 4.90 Å². The molecule has 2 aromatic carbocycles. The van der Waals surface area contributed by atoms with Crippen LogP contribution < -0.4 is 4.74 Å².